The minimum absolute atomic E-state index is 0.290. The first-order valence-corrected chi connectivity index (χ1v) is 3.78. The Bertz CT molecular complexity index is 182. The molecule has 0 saturated heterocycles. The number of oxazole rings is 1. The van der Waals surface area contributed by atoms with Crippen molar-refractivity contribution in [3.8, 4) is 0 Å². The summed E-state index contributed by atoms with van der Waals surface area (Å²) in [5, 5.41) is 0. The molecule has 0 spiro atoms. The highest BCUT2D eigenvalue weighted by Gasteiger charge is 1.97. The Balaban J connectivity index is 2.14. The van der Waals surface area contributed by atoms with Crippen molar-refractivity contribution in [3.05, 3.63) is 18.4 Å². The number of aromatic nitrogens is 1. The summed E-state index contributed by atoms with van der Waals surface area (Å²) in [4.78, 5) is 3.80. The topological polar surface area (TPSA) is 35.3 Å². The molecule has 3 heteroatoms. The van der Waals surface area contributed by atoms with Crippen LogP contribution in [-0.2, 0) is 11.2 Å². The zero-order valence-corrected chi connectivity index (χ0v) is 6.91. The lowest BCUT2D eigenvalue weighted by Crippen LogP contribution is -2.05. The van der Waals surface area contributed by atoms with Crippen LogP contribution < -0.4 is 0 Å². The lowest BCUT2D eigenvalue weighted by molar-refractivity contribution is 0.0788. The standard InChI is InChI=1S/C8H13NO2/c1-7(2)10-4-3-8-5-9-6-11-8/h5-7H,3-4H2,1-2H3. The van der Waals surface area contributed by atoms with Crippen molar-refractivity contribution < 1.29 is 9.15 Å². The quantitative estimate of drug-likeness (QED) is 0.663. The molecule has 0 fully saturated rings. The average molecular weight is 155 g/mol. The van der Waals surface area contributed by atoms with Crippen LogP contribution in [0.4, 0.5) is 0 Å². The summed E-state index contributed by atoms with van der Waals surface area (Å²) in [5.41, 5.74) is 0. The van der Waals surface area contributed by atoms with Crippen molar-refractivity contribution in [1.82, 2.24) is 4.98 Å². The molecule has 0 aliphatic rings. The smallest absolute Gasteiger partial charge is 0.180 e. The van der Waals surface area contributed by atoms with Crippen LogP contribution in [0.25, 0.3) is 0 Å². The Labute approximate surface area is 66.4 Å². The van der Waals surface area contributed by atoms with Crippen molar-refractivity contribution in [2.45, 2.75) is 26.4 Å². The predicted octanol–water partition coefficient (Wildman–Crippen LogP) is 1.64. The van der Waals surface area contributed by atoms with E-state index in [4.69, 9.17) is 9.15 Å². The summed E-state index contributed by atoms with van der Waals surface area (Å²) in [5.74, 6) is 0.880. The van der Waals surface area contributed by atoms with Crippen molar-refractivity contribution in [2.24, 2.45) is 0 Å². The molecule has 0 amide bonds. The highest BCUT2D eigenvalue weighted by Crippen LogP contribution is 1.98. The first kappa shape index (κ1) is 8.27. The number of rotatable bonds is 4. The predicted molar refractivity (Wildman–Crippen MR) is 41.3 cm³/mol. The van der Waals surface area contributed by atoms with Crippen LogP contribution in [0.5, 0.6) is 0 Å². The van der Waals surface area contributed by atoms with E-state index in [9.17, 15) is 0 Å². The third kappa shape index (κ3) is 3.18. The van der Waals surface area contributed by atoms with Crippen LogP contribution in [0.1, 0.15) is 19.6 Å². The Morgan fingerprint density at radius 2 is 2.45 bits per heavy atom. The summed E-state index contributed by atoms with van der Waals surface area (Å²) in [6.07, 6.45) is 4.24. The summed E-state index contributed by atoms with van der Waals surface area (Å²) in [7, 11) is 0. The molecule has 0 aromatic carbocycles. The first-order chi connectivity index (χ1) is 5.29. The number of ether oxygens (including phenoxy) is 1. The van der Waals surface area contributed by atoms with Crippen LogP contribution in [0.3, 0.4) is 0 Å². The van der Waals surface area contributed by atoms with Gasteiger partial charge in [-0.05, 0) is 13.8 Å². The second-order valence-corrected chi connectivity index (χ2v) is 2.64. The van der Waals surface area contributed by atoms with Crippen LogP contribution >= 0.6 is 0 Å². The van der Waals surface area contributed by atoms with Gasteiger partial charge in [-0.3, -0.25) is 0 Å². The number of hydrogen-bond acceptors (Lipinski definition) is 3. The zero-order valence-electron chi connectivity index (χ0n) is 6.91. The van der Waals surface area contributed by atoms with Crippen molar-refractivity contribution in [1.29, 1.82) is 0 Å². The lowest BCUT2D eigenvalue weighted by atomic mass is 10.4. The average Bonchev–Trinajstić information content (AvgIpc) is 2.39. The summed E-state index contributed by atoms with van der Waals surface area (Å²) in [6, 6.07) is 0. The third-order valence-corrected chi connectivity index (χ3v) is 1.28. The molecule has 0 aliphatic carbocycles. The maximum Gasteiger partial charge on any atom is 0.180 e. The fourth-order valence-electron chi connectivity index (χ4n) is 0.761. The largest absolute Gasteiger partial charge is 0.448 e. The Morgan fingerprint density at radius 1 is 1.64 bits per heavy atom. The molecule has 11 heavy (non-hydrogen) atoms. The second kappa shape index (κ2) is 4.13. The van der Waals surface area contributed by atoms with Gasteiger partial charge >= 0.3 is 0 Å². The van der Waals surface area contributed by atoms with Gasteiger partial charge in [0.05, 0.1) is 18.9 Å². The molecule has 0 radical (unpaired) electrons. The van der Waals surface area contributed by atoms with E-state index in [-0.39, 0.29) is 6.10 Å². The van der Waals surface area contributed by atoms with E-state index in [1.165, 1.54) is 6.39 Å². The van der Waals surface area contributed by atoms with E-state index < -0.39 is 0 Å². The van der Waals surface area contributed by atoms with Gasteiger partial charge in [-0.2, -0.15) is 0 Å². The molecule has 1 rings (SSSR count). The lowest BCUT2D eigenvalue weighted by Gasteiger charge is -2.04. The summed E-state index contributed by atoms with van der Waals surface area (Å²) >= 11 is 0. The molecule has 0 N–H and O–H groups in total. The van der Waals surface area contributed by atoms with E-state index in [2.05, 4.69) is 4.98 Å². The Morgan fingerprint density at radius 3 is 3.00 bits per heavy atom. The van der Waals surface area contributed by atoms with Crippen LogP contribution in [-0.4, -0.2) is 17.7 Å². The summed E-state index contributed by atoms with van der Waals surface area (Å²) in [6.45, 7) is 4.73. The van der Waals surface area contributed by atoms with E-state index in [0.717, 1.165) is 12.2 Å². The molecule has 0 aliphatic heterocycles. The van der Waals surface area contributed by atoms with Gasteiger partial charge in [0, 0.05) is 6.42 Å². The van der Waals surface area contributed by atoms with Crippen LogP contribution in [0.2, 0.25) is 0 Å². The highest BCUT2D eigenvalue weighted by atomic mass is 16.5. The van der Waals surface area contributed by atoms with Crippen molar-refractivity contribution in [3.63, 3.8) is 0 Å². The molecule has 1 aromatic heterocycles. The van der Waals surface area contributed by atoms with Gasteiger partial charge in [-0.15, -0.1) is 0 Å². The normalized spacial score (nSPS) is 10.8. The van der Waals surface area contributed by atoms with Gasteiger partial charge in [-0.1, -0.05) is 0 Å². The van der Waals surface area contributed by atoms with Crippen molar-refractivity contribution >= 4 is 0 Å². The van der Waals surface area contributed by atoms with E-state index in [1.807, 2.05) is 13.8 Å². The van der Waals surface area contributed by atoms with Gasteiger partial charge in [-0.25, -0.2) is 4.98 Å². The van der Waals surface area contributed by atoms with Crippen LogP contribution in [0, 0.1) is 0 Å². The van der Waals surface area contributed by atoms with Gasteiger partial charge in [0.1, 0.15) is 5.76 Å². The maximum atomic E-state index is 5.33. The monoisotopic (exact) mass is 155 g/mol. The van der Waals surface area contributed by atoms with Gasteiger partial charge in [0.2, 0.25) is 0 Å². The molecule has 1 heterocycles. The number of nitrogens with zero attached hydrogens (tertiary/aromatic N) is 1. The van der Waals surface area contributed by atoms with E-state index >= 15 is 0 Å². The van der Waals surface area contributed by atoms with Gasteiger partial charge < -0.3 is 9.15 Å². The SMILES string of the molecule is CC(C)OCCc1cnco1. The fraction of sp³-hybridized carbons (Fsp3) is 0.625. The van der Waals surface area contributed by atoms with E-state index in [0.29, 0.717) is 6.61 Å². The van der Waals surface area contributed by atoms with Crippen molar-refractivity contribution in [2.75, 3.05) is 6.61 Å². The van der Waals surface area contributed by atoms with Gasteiger partial charge in [0.15, 0.2) is 6.39 Å². The van der Waals surface area contributed by atoms with Crippen LogP contribution in [0.15, 0.2) is 17.0 Å². The Hall–Kier alpha value is -0.830. The Kier molecular flexibility index (Phi) is 3.11. The zero-order chi connectivity index (χ0) is 8.10. The minimum Gasteiger partial charge on any atom is -0.448 e. The fourth-order valence-corrected chi connectivity index (χ4v) is 0.761. The molecule has 0 atom stereocenters. The molecular formula is C8H13NO2. The molecule has 62 valence electrons. The van der Waals surface area contributed by atoms with Gasteiger partial charge in [0.25, 0.3) is 0 Å². The summed E-state index contributed by atoms with van der Waals surface area (Å²) < 4.78 is 10.4. The second-order valence-electron chi connectivity index (χ2n) is 2.64. The molecule has 0 saturated carbocycles. The third-order valence-electron chi connectivity index (χ3n) is 1.28. The molecule has 0 unspecified atom stereocenters. The molecule has 3 nitrogen and oxygen atoms in total. The molecule has 0 bridgehead atoms. The first-order valence-electron chi connectivity index (χ1n) is 3.78. The highest BCUT2D eigenvalue weighted by molar-refractivity contribution is 4.87. The van der Waals surface area contributed by atoms with E-state index in [1.54, 1.807) is 6.20 Å². The molecular weight excluding hydrogens is 142 g/mol. The molecule has 1 aromatic rings. The maximum absolute atomic E-state index is 5.33. The number of hydrogen-bond donors (Lipinski definition) is 0. The minimum atomic E-state index is 0.290.